The largest absolute Gasteiger partial charge is 0.459 e. The molecule has 0 spiro atoms. The summed E-state index contributed by atoms with van der Waals surface area (Å²) in [6, 6.07) is 19.2. The molecule has 0 bridgehead atoms. The highest BCUT2D eigenvalue weighted by Gasteiger charge is 2.34. The van der Waals surface area contributed by atoms with Crippen LogP contribution in [0.3, 0.4) is 0 Å². The van der Waals surface area contributed by atoms with E-state index in [9.17, 15) is 22.8 Å². The van der Waals surface area contributed by atoms with E-state index < -0.39 is 17.6 Å². The third kappa shape index (κ3) is 6.71. The maximum absolute atomic E-state index is 13.7. The van der Waals surface area contributed by atoms with Crippen molar-refractivity contribution in [3.05, 3.63) is 118 Å². The zero-order valence-corrected chi connectivity index (χ0v) is 25.3. The molecule has 2 amide bonds. The van der Waals surface area contributed by atoms with Crippen molar-refractivity contribution in [3.8, 4) is 5.69 Å². The summed E-state index contributed by atoms with van der Waals surface area (Å²) in [5.41, 5.74) is 2.10. The molecule has 45 heavy (non-hydrogen) atoms. The summed E-state index contributed by atoms with van der Waals surface area (Å²) in [5.74, 6) is -0.709. The van der Waals surface area contributed by atoms with E-state index in [-0.39, 0.29) is 46.7 Å². The van der Waals surface area contributed by atoms with Gasteiger partial charge in [-0.2, -0.15) is 18.3 Å². The molecular formula is C31H25F3N6O3S2. The Morgan fingerprint density at radius 1 is 1.07 bits per heavy atom. The van der Waals surface area contributed by atoms with E-state index in [0.717, 1.165) is 45.6 Å². The number of nitrogens with one attached hydrogen (secondary N) is 1. The third-order valence-corrected chi connectivity index (χ3v) is 8.88. The molecule has 0 saturated heterocycles. The van der Waals surface area contributed by atoms with Gasteiger partial charge in [0.1, 0.15) is 0 Å². The number of thioether (sulfide) groups is 1. The van der Waals surface area contributed by atoms with Crippen molar-refractivity contribution in [3.63, 3.8) is 0 Å². The van der Waals surface area contributed by atoms with E-state index in [2.05, 4.69) is 15.5 Å². The van der Waals surface area contributed by atoms with Crippen molar-refractivity contribution in [2.24, 2.45) is 5.10 Å². The van der Waals surface area contributed by atoms with Crippen molar-refractivity contribution in [1.29, 1.82) is 0 Å². The normalized spacial score (nSPS) is 14.9. The SMILES string of the molecule is Cc1ccc([C@H]2CC(c3cccs3)=NN2C(=O)CSc2nnc(CNC(=O)c3ccco3)n2-c2cccc(C(F)(F)F)c2)cc1. The molecule has 1 aliphatic rings. The first-order chi connectivity index (χ1) is 21.7. The Balaban J connectivity index is 1.27. The van der Waals surface area contributed by atoms with Crippen LogP contribution in [-0.4, -0.2) is 43.1 Å². The second-order valence-electron chi connectivity index (χ2n) is 10.1. The first-order valence-corrected chi connectivity index (χ1v) is 15.6. The van der Waals surface area contributed by atoms with Crippen LogP contribution in [0.15, 0.2) is 99.1 Å². The molecule has 0 aliphatic carbocycles. The van der Waals surface area contributed by atoms with Crippen LogP contribution in [0.1, 0.15) is 50.4 Å². The van der Waals surface area contributed by atoms with Crippen LogP contribution in [0, 0.1) is 6.92 Å². The second kappa shape index (κ2) is 12.7. The lowest BCUT2D eigenvalue weighted by Crippen LogP contribution is -2.28. The van der Waals surface area contributed by atoms with Crippen molar-refractivity contribution < 1.29 is 27.2 Å². The molecule has 0 unspecified atom stereocenters. The van der Waals surface area contributed by atoms with E-state index in [4.69, 9.17) is 9.52 Å². The summed E-state index contributed by atoms with van der Waals surface area (Å²) < 4.78 is 47.3. The molecule has 0 radical (unpaired) electrons. The molecular weight excluding hydrogens is 626 g/mol. The molecule has 1 N–H and O–H groups in total. The number of aromatic nitrogens is 3. The maximum Gasteiger partial charge on any atom is 0.416 e. The molecule has 1 atom stereocenters. The van der Waals surface area contributed by atoms with Crippen LogP contribution in [-0.2, 0) is 17.5 Å². The quantitative estimate of drug-likeness (QED) is 0.179. The average Bonchev–Trinajstić information content (AvgIpc) is 3.85. The van der Waals surface area contributed by atoms with Crippen molar-refractivity contribution in [2.45, 2.75) is 37.3 Å². The summed E-state index contributed by atoms with van der Waals surface area (Å²) in [6.45, 7) is 1.83. The van der Waals surface area contributed by atoms with Gasteiger partial charge < -0.3 is 9.73 Å². The third-order valence-electron chi connectivity index (χ3n) is 7.04. The number of alkyl halides is 3. The lowest BCUT2D eigenvalue weighted by atomic mass is 10.00. The topological polar surface area (TPSA) is 106 Å². The number of halogens is 3. The Hall–Kier alpha value is -4.69. The summed E-state index contributed by atoms with van der Waals surface area (Å²) in [7, 11) is 0. The fourth-order valence-corrected chi connectivity index (χ4v) is 6.36. The van der Waals surface area contributed by atoms with Crippen LogP contribution in [0.5, 0.6) is 0 Å². The number of hydrogen-bond donors (Lipinski definition) is 1. The van der Waals surface area contributed by atoms with Gasteiger partial charge in [-0.3, -0.25) is 14.2 Å². The maximum atomic E-state index is 13.7. The van der Waals surface area contributed by atoms with Gasteiger partial charge in [0, 0.05) is 6.42 Å². The van der Waals surface area contributed by atoms with Crippen molar-refractivity contribution in [2.75, 3.05) is 5.75 Å². The number of carbonyl (C=O) groups is 2. The number of nitrogens with zero attached hydrogens (tertiary/aromatic N) is 5. The lowest BCUT2D eigenvalue weighted by Gasteiger charge is -2.22. The molecule has 14 heteroatoms. The number of amides is 2. The van der Waals surface area contributed by atoms with E-state index in [1.165, 1.54) is 34.0 Å². The number of furan rings is 1. The number of hydrogen-bond acceptors (Lipinski definition) is 8. The van der Waals surface area contributed by atoms with Gasteiger partial charge in [0.15, 0.2) is 16.7 Å². The lowest BCUT2D eigenvalue weighted by molar-refractivity contribution is -0.137. The predicted octanol–water partition coefficient (Wildman–Crippen LogP) is 6.65. The summed E-state index contributed by atoms with van der Waals surface area (Å²) in [6.07, 6.45) is -2.69. The van der Waals surface area contributed by atoms with Crippen LogP contribution in [0.25, 0.3) is 5.69 Å². The molecule has 3 aromatic heterocycles. The molecule has 1 aliphatic heterocycles. The number of carbonyl (C=O) groups excluding carboxylic acids is 2. The Morgan fingerprint density at radius 3 is 2.60 bits per heavy atom. The van der Waals surface area contributed by atoms with E-state index in [1.54, 1.807) is 17.4 Å². The fourth-order valence-electron chi connectivity index (χ4n) is 4.82. The van der Waals surface area contributed by atoms with Crippen LogP contribution >= 0.6 is 23.1 Å². The molecule has 0 fully saturated rings. The number of benzene rings is 2. The van der Waals surface area contributed by atoms with Gasteiger partial charge in [-0.25, -0.2) is 5.01 Å². The number of hydrazone groups is 1. The van der Waals surface area contributed by atoms with Gasteiger partial charge in [-0.05, 0) is 54.3 Å². The zero-order chi connectivity index (χ0) is 31.6. The summed E-state index contributed by atoms with van der Waals surface area (Å²) >= 11 is 2.56. The van der Waals surface area contributed by atoms with Gasteiger partial charge in [0.25, 0.3) is 11.8 Å². The first kappa shape index (κ1) is 30.3. The molecule has 4 heterocycles. The molecule has 230 valence electrons. The predicted molar refractivity (Wildman–Crippen MR) is 163 cm³/mol. The summed E-state index contributed by atoms with van der Waals surface area (Å²) in [5, 5.41) is 19.3. The highest BCUT2D eigenvalue weighted by molar-refractivity contribution is 7.99. The minimum Gasteiger partial charge on any atom is -0.459 e. The molecule has 6 rings (SSSR count). The van der Waals surface area contributed by atoms with Gasteiger partial charge >= 0.3 is 6.18 Å². The number of rotatable bonds is 9. The number of aryl methyl sites for hydroxylation is 1. The Kier molecular flexibility index (Phi) is 8.59. The Labute approximate surface area is 263 Å². The number of thiophene rings is 1. The Bertz CT molecular complexity index is 1830. The first-order valence-electron chi connectivity index (χ1n) is 13.7. The van der Waals surface area contributed by atoms with Gasteiger partial charge in [0.05, 0.1) is 46.4 Å². The monoisotopic (exact) mass is 650 g/mol. The second-order valence-corrected chi connectivity index (χ2v) is 12.0. The van der Waals surface area contributed by atoms with Crippen molar-refractivity contribution in [1.82, 2.24) is 25.1 Å². The molecule has 2 aromatic carbocycles. The smallest absolute Gasteiger partial charge is 0.416 e. The minimum absolute atomic E-state index is 0.0662. The van der Waals surface area contributed by atoms with E-state index >= 15 is 0 Å². The van der Waals surface area contributed by atoms with Crippen LogP contribution < -0.4 is 5.32 Å². The Morgan fingerprint density at radius 2 is 1.89 bits per heavy atom. The van der Waals surface area contributed by atoms with Crippen molar-refractivity contribution >= 4 is 40.6 Å². The van der Waals surface area contributed by atoms with E-state index in [1.807, 2.05) is 48.7 Å². The highest BCUT2D eigenvalue weighted by atomic mass is 32.2. The van der Waals surface area contributed by atoms with Gasteiger partial charge in [0.2, 0.25) is 0 Å². The summed E-state index contributed by atoms with van der Waals surface area (Å²) in [4.78, 5) is 27.2. The molecule has 9 nitrogen and oxygen atoms in total. The zero-order valence-electron chi connectivity index (χ0n) is 23.7. The fraction of sp³-hybridized carbons (Fsp3) is 0.194. The average molecular weight is 651 g/mol. The highest BCUT2D eigenvalue weighted by Crippen LogP contribution is 2.36. The van der Waals surface area contributed by atoms with Gasteiger partial charge in [-0.1, -0.05) is 53.7 Å². The van der Waals surface area contributed by atoms with Crippen LogP contribution in [0.2, 0.25) is 0 Å². The van der Waals surface area contributed by atoms with Crippen LogP contribution in [0.4, 0.5) is 13.2 Å². The molecule has 5 aromatic rings. The minimum atomic E-state index is -4.58. The standard InChI is InChI=1S/C31H25F3N6O3S2/c1-19-9-11-20(12-10-19)24-16-23(26-8-4-14-44-26)38-40(24)28(41)18-45-30-37-36-27(17-35-29(42)25-7-3-13-43-25)39(30)22-6-2-5-21(15-22)31(32,33)34/h2-15,24H,16-18H2,1H3,(H,35,42)/t24-/m1/s1. The molecule has 0 saturated carbocycles. The van der Waals surface area contributed by atoms with E-state index in [0.29, 0.717) is 6.42 Å². The van der Waals surface area contributed by atoms with Gasteiger partial charge in [-0.15, -0.1) is 21.5 Å².